The van der Waals surface area contributed by atoms with Crippen LogP contribution in [-0.2, 0) is 16.6 Å². The smallest absolute Gasteiger partial charge is 0.327 e. The Balaban J connectivity index is 1.68. The van der Waals surface area contributed by atoms with Gasteiger partial charge in [0, 0.05) is 38.8 Å². The van der Waals surface area contributed by atoms with Gasteiger partial charge < -0.3 is 14.2 Å². The second kappa shape index (κ2) is 9.00. The number of ether oxygens (including phenoxy) is 1. The molecule has 1 aliphatic rings. The normalized spacial score (nSPS) is 17.5. The standard InChI is InChI=1S/C24H24FN5O3/c1-15-14-29(23(24(32)33-3)16-4-6-17(25)7-5-16)10-11-30(15)20-12-21(31)28(2)19-9-8-18(13-26)27-22(19)20/h4-9,12,15,23H,10-11,14H2,1-3H3. The Morgan fingerprint density at radius 2 is 1.97 bits per heavy atom. The van der Waals surface area contributed by atoms with E-state index in [1.54, 1.807) is 37.4 Å². The number of benzene rings is 1. The highest BCUT2D eigenvalue weighted by atomic mass is 19.1. The Bertz CT molecular complexity index is 1300. The highest BCUT2D eigenvalue weighted by Gasteiger charge is 2.35. The lowest BCUT2D eigenvalue weighted by molar-refractivity contribution is -0.147. The third-order valence-electron chi connectivity index (χ3n) is 6.13. The van der Waals surface area contributed by atoms with E-state index in [9.17, 15) is 19.2 Å². The van der Waals surface area contributed by atoms with E-state index in [1.165, 1.54) is 23.8 Å². The lowest BCUT2D eigenvalue weighted by Crippen LogP contribution is -2.54. The number of esters is 1. The molecule has 1 aromatic carbocycles. The Morgan fingerprint density at radius 1 is 1.24 bits per heavy atom. The number of fused-ring (bicyclic) bond motifs is 1. The maximum absolute atomic E-state index is 13.4. The molecule has 2 unspecified atom stereocenters. The number of nitriles is 1. The minimum absolute atomic E-state index is 0.0748. The largest absolute Gasteiger partial charge is 0.468 e. The Morgan fingerprint density at radius 3 is 2.61 bits per heavy atom. The van der Waals surface area contributed by atoms with E-state index >= 15 is 0 Å². The molecule has 9 heteroatoms. The summed E-state index contributed by atoms with van der Waals surface area (Å²) >= 11 is 0. The molecule has 3 aromatic rings. The molecule has 0 bridgehead atoms. The maximum atomic E-state index is 13.4. The predicted molar refractivity (Wildman–Crippen MR) is 121 cm³/mol. The average molecular weight is 449 g/mol. The van der Waals surface area contributed by atoms with Gasteiger partial charge in [0.15, 0.2) is 0 Å². The second-order valence-electron chi connectivity index (χ2n) is 8.12. The van der Waals surface area contributed by atoms with Crippen LogP contribution in [0.2, 0.25) is 0 Å². The van der Waals surface area contributed by atoms with Crippen molar-refractivity contribution in [1.29, 1.82) is 5.26 Å². The first-order valence-electron chi connectivity index (χ1n) is 10.6. The summed E-state index contributed by atoms with van der Waals surface area (Å²) in [4.78, 5) is 33.8. The number of aryl methyl sites for hydroxylation is 1. The molecule has 170 valence electrons. The zero-order chi connectivity index (χ0) is 23.7. The number of halogens is 1. The summed E-state index contributed by atoms with van der Waals surface area (Å²) in [7, 11) is 3.01. The summed E-state index contributed by atoms with van der Waals surface area (Å²) in [6.45, 7) is 3.54. The van der Waals surface area contributed by atoms with E-state index in [4.69, 9.17) is 4.74 Å². The van der Waals surface area contributed by atoms with Crippen LogP contribution in [-0.4, -0.2) is 53.2 Å². The molecule has 33 heavy (non-hydrogen) atoms. The maximum Gasteiger partial charge on any atom is 0.327 e. The summed E-state index contributed by atoms with van der Waals surface area (Å²) in [5.41, 5.74) is 2.65. The SMILES string of the molecule is COC(=O)C(c1ccc(F)cc1)N1CCN(c2cc(=O)n(C)c3ccc(C#N)nc23)C(C)C1. The predicted octanol–water partition coefficient (Wildman–Crippen LogP) is 2.37. The molecule has 2 atom stereocenters. The Hall–Kier alpha value is -3.77. The van der Waals surface area contributed by atoms with Gasteiger partial charge in [0.25, 0.3) is 5.56 Å². The van der Waals surface area contributed by atoms with E-state index in [-0.39, 0.29) is 23.1 Å². The van der Waals surface area contributed by atoms with Gasteiger partial charge in [-0.05, 0) is 36.8 Å². The number of nitrogens with zero attached hydrogens (tertiary/aromatic N) is 5. The van der Waals surface area contributed by atoms with Crippen LogP contribution in [0.5, 0.6) is 0 Å². The van der Waals surface area contributed by atoms with Crippen LogP contribution >= 0.6 is 0 Å². The summed E-state index contributed by atoms with van der Waals surface area (Å²) in [5, 5.41) is 9.30. The van der Waals surface area contributed by atoms with E-state index in [1.807, 2.05) is 11.8 Å². The molecule has 0 radical (unpaired) electrons. The van der Waals surface area contributed by atoms with E-state index in [2.05, 4.69) is 16.0 Å². The van der Waals surface area contributed by atoms with Gasteiger partial charge in [-0.15, -0.1) is 0 Å². The summed E-state index contributed by atoms with van der Waals surface area (Å²) in [6.07, 6.45) is 0. The van der Waals surface area contributed by atoms with Crippen LogP contribution in [0.15, 0.2) is 47.3 Å². The van der Waals surface area contributed by atoms with Crippen molar-refractivity contribution in [2.45, 2.75) is 19.0 Å². The minimum Gasteiger partial charge on any atom is -0.468 e. The molecule has 1 aliphatic heterocycles. The molecule has 8 nitrogen and oxygen atoms in total. The number of hydrogen-bond donors (Lipinski definition) is 0. The highest BCUT2D eigenvalue weighted by molar-refractivity contribution is 5.89. The first kappa shape index (κ1) is 22.4. The van der Waals surface area contributed by atoms with Gasteiger partial charge >= 0.3 is 5.97 Å². The molecule has 1 fully saturated rings. The topological polar surface area (TPSA) is 91.5 Å². The number of rotatable bonds is 4. The summed E-state index contributed by atoms with van der Waals surface area (Å²) < 4.78 is 20.0. The third-order valence-corrected chi connectivity index (χ3v) is 6.13. The van der Waals surface area contributed by atoms with Crippen LogP contribution in [0, 0.1) is 17.1 Å². The van der Waals surface area contributed by atoms with Gasteiger partial charge in [-0.25, -0.2) is 14.2 Å². The van der Waals surface area contributed by atoms with Crippen molar-refractivity contribution in [3.05, 3.63) is 69.9 Å². The van der Waals surface area contributed by atoms with Crippen molar-refractivity contribution in [2.75, 3.05) is 31.6 Å². The number of aromatic nitrogens is 2. The first-order valence-corrected chi connectivity index (χ1v) is 10.6. The van der Waals surface area contributed by atoms with Crippen molar-refractivity contribution in [1.82, 2.24) is 14.5 Å². The van der Waals surface area contributed by atoms with Gasteiger partial charge in [-0.3, -0.25) is 9.69 Å². The lowest BCUT2D eigenvalue weighted by atomic mass is 10.0. The zero-order valence-electron chi connectivity index (χ0n) is 18.7. The van der Waals surface area contributed by atoms with E-state index in [0.29, 0.717) is 41.9 Å². The lowest BCUT2D eigenvalue weighted by Gasteiger charge is -2.43. The fourth-order valence-corrected chi connectivity index (χ4v) is 4.42. The number of carbonyl (C=O) groups is 1. The van der Waals surface area contributed by atoms with Crippen LogP contribution < -0.4 is 10.5 Å². The number of methoxy groups -OCH3 is 1. The minimum atomic E-state index is -0.663. The molecule has 2 aromatic heterocycles. The number of piperazine rings is 1. The number of pyridine rings is 2. The molecular weight excluding hydrogens is 425 g/mol. The first-order chi connectivity index (χ1) is 15.8. The molecule has 0 spiro atoms. The van der Waals surface area contributed by atoms with E-state index < -0.39 is 12.0 Å². The summed E-state index contributed by atoms with van der Waals surface area (Å²) in [6, 6.07) is 12.0. The Labute approximate surface area is 190 Å². The van der Waals surface area contributed by atoms with Crippen molar-refractivity contribution >= 4 is 22.7 Å². The van der Waals surface area contributed by atoms with Crippen LogP contribution in [0.25, 0.3) is 11.0 Å². The zero-order valence-corrected chi connectivity index (χ0v) is 18.7. The molecule has 0 amide bonds. The van der Waals surface area contributed by atoms with Crippen molar-refractivity contribution < 1.29 is 13.9 Å². The van der Waals surface area contributed by atoms with Crippen molar-refractivity contribution in [3.8, 4) is 6.07 Å². The molecule has 0 N–H and O–H groups in total. The second-order valence-corrected chi connectivity index (χ2v) is 8.12. The van der Waals surface area contributed by atoms with Gasteiger partial charge in [0.05, 0.1) is 18.3 Å². The molecule has 0 saturated carbocycles. The molecule has 3 heterocycles. The number of hydrogen-bond acceptors (Lipinski definition) is 7. The Kier molecular flexibility index (Phi) is 6.11. The number of carbonyl (C=O) groups excluding carboxylic acids is 1. The fraction of sp³-hybridized carbons (Fsp3) is 0.333. The van der Waals surface area contributed by atoms with Gasteiger partial charge in [0.1, 0.15) is 29.1 Å². The average Bonchev–Trinajstić information content (AvgIpc) is 2.82. The van der Waals surface area contributed by atoms with Crippen molar-refractivity contribution in [2.24, 2.45) is 7.05 Å². The monoisotopic (exact) mass is 449 g/mol. The summed E-state index contributed by atoms with van der Waals surface area (Å²) in [5.74, 6) is -0.788. The number of anilines is 1. The molecule has 4 rings (SSSR count). The van der Waals surface area contributed by atoms with E-state index in [0.717, 1.165) is 0 Å². The van der Waals surface area contributed by atoms with Crippen LogP contribution in [0.1, 0.15) is 24.2 Å². The fourth-order valence-electron chi connectivity index (χ4n) is 4.42. The van der Waals surface area contributed by atoms with Crippen molar-refractivity contribution in [3.63, 3.8) is 0 Å². The highest BCUT2D eigenvalue weighted by Crippen LogP contribution is 2.30. The third kappa shape index (κ3) is 4.17. The van der Waals surface area contributed by atoms with Gasteiger partial charge in [-0.1, -0.05) is 12.1 Å². The van der Waals surface area contributed by atoms with Gasteiger partial charge in [-0.2, -0.15) is 5.26 Å². The molecule has 0 aliphatic carbocycles. The van der Waals surface area contributed by atoms with Crippen LogP contribution in [0.3, 0.4) is 0 Å². The molecular formula is C24H24FN5O3. The van der Waals surface area contributed by atoms with Gasteiger partial charge in [0.2, 0.25) is 0 Å². The quantitative estimate of drug-likeness (QED) is 0.565. The molecule has 1 saturated heterocycles. The van der Waals surface area contributed by atoms with Crippen LogP contribution in [0.4, 0.5) is 10.1 Å².